The molecule has 0 aliphatic heterocycles. The highest BCUT2D eigenvalue weighted by Crippen LogP contribution is 2.29. The zero-order chi connectivity index (χ0) is 14.4. The fraction of sp³-hybridized carbons (Fsp3) is 0.214. The predicted molar refractivity (Wildman–Crippen MR) is 87.9 cm³/mol. The topological polar surface area (TPSA) is 55.1 Å². The second kappa shape index (κ2) is 4.78. The third kappa shape index (κ3) is 2.18. The third-order valence-electron chi connectivity index (χ3n) is 3.33. The summed E-state index contributed by atoms with van der Waals surface area (Å²) in [6, 6.07) is 6.39. The van der Waals surface area contributed by atoms with Crippen LogP contribution in [-0.2, 0) is 6.42 Å². The number of hydrogen-bond acceptors (Lipinski definition) is 6. The summed E-state index contributed by atoms with van der Waals surface area (Å²) >= 11 is 3.22. The van der Waals surface area contributed by atoms with E-state index in [0.29, 0.717) is 5.95 Å². The Kier molecular flexibility index (Phi) is 2.90. The summed E-state index contributed by atoms with van der Waals surface area (Å²) in [5.41, 5.74) is 3.43. The number of thiazole rings is 2. The zero-order valence-corrected chi connectivity index (χ0v) is 13.3. The van der Waals surface area contributed by atoms with Gasteiger partial charge in [0.25, 0.3) is 0 Å². The fourth-order valence-corrected chi connectivity index (χ4v) is 3.91. The number of benzene rings is 1. The van der Waals surface area contributed by atoms with Gasteiger partial charge in [-0.25, -0.2) is 9.50 Å². The first-order valence-electron chi connectivity index (χ1n) is 6.70. The van der Waals surface area contributed by atoms with Gasteiger partial charge >= 0.3 is 0 Å². The number of fused-ring (bicyclic) bond motifs is 2. The summed E-state index contributed by atoms with van der Waals surface area (Å²) in [7, 11) is 0. The zero-order valence-electron chi connectivity index (χ0n) is 11.6. The van der Waals surface area contributed by atoms with Crippen molar-refractivity contribution >= 4 is 48.9 Å². The van der Waals surface area contributed by atoms with Gasteiger partial charge in [-0.3, -0.25) is 5.32 Å². The molecule has 0 atom stereocenters. The second-order valence-electron chi connectivity index (χ2n) is 4.81. The maximum absolute atomic E-state index is 4.58. The lowest BCUT2D eigenvalue weighted by Crippen LogP contribution is -1.93. The maximum Gasteiger partial charge on any atom is 0.250 e. The van der Waals surface area contributed by atoms with Gasteiger partial charge in [-0.15, -0.1) is 16.4 Å². The minimum Gasteiger partial charge on any atom is -0.299 e. The highest BCUT2D eigenvalue weighted by atomic mass is 32.1. The summed E-state index contributed by atoms with van der Waals surface area (Å²) in [4.78, 5) is 9.93. The monoisotopic (exact) mass is 315 g/mol. The number of aryl methyl sites for hydroxylation is 2. The van der Waals surface area contributed by atoms with E-state index in [1.807, 2.05) is 16.8 Å². The van der Waals surface area contributed by atoms with Gasteiger partial charge in [0.1, 0.15) is 0 Å². The average Bonchev–Trinajstić information content (AvgIpc) is 3.14. The molecular weight excluding hydrogens is 302 g/mol. The van der Waals surface area contributed by atoms with Crippen LogP contribution < -0.4 is 5.32 Å². The van der Waals surface area contributed by atoms with E-state index in [0.717, 1.165) is 27.7 Å². The van der Waals surface area contributed by atoms with E-state index in [4.69, 9.17) is 0 Å². The molecule has 0 saturated carbocycles. The van der Waals surface area contributed by atoms with Gasteiger partial charge in [0, 0.05) is 5.38 Å². The first-order chi connectivity index (χ1) is 10.2. The molecule has 7 heteroatoms. The minimum absolute atomic E-state index is 0.597. The van der Waals surface area contributed by atoms with Crippen molar-refractivity contribution in [3.63, 3.8) is 0 Å². The molecule has 106 valence electrons. The molecule has 3 heterocycles. The van der Waals surface area contributed by atoms with Crippen LogP contribution in [0.5, 0.6) is 0 Å². The Morgan fingerprint density at radius 1 is 1.29 bits per heavy atom. The van der Waals surface area contributed by atoms with Crippen molar-refractivity contribution in [2.45, 2.75) is 20.3 Å². The largest absolute Gasteiger partial charge is 0.299 e. The SMILES string of the molecule is CCc1ccc2nc(Nc3nc4scc(C)n4n3)sc2c1. The molecule has 1 aromatic carbocycles. The first kappa shape index (κ1) is 12.7. The molecule has 0 aliphatic rings. The molecule has 5 nitrogen and oxygen atoms in total. The van der Waals surface area contributed by atoms with Crippen molar-refractivity contribution in [2.75, 3.05) is 5.32 Å². The Morgan fingerprint density at radius 2 is 2.19 bits per heavy atom. The second-order valence-corrected chi connectivity index (χ2v) is 6.67. The fourth-order valence-electron chi connectivity index (χ4n) is 2.18. The molecule has 0 unspecified atom stereocenters. The quantitative estimate of drug-likeness (QED) is 0.620. The van der Waals surface area contributed by atoms with E-state index >= 15 is 0 Å². The number of nitrogens with one attached hydrogen (secondary N) is 1. The molecule has 0 spiro atoms. The lowest BCUT2D eigenvalue weighted by Gasteiger charge is -1.93. The molecular formula is C14H13N5S2. The van der Waals surface area contributed by atoms with E-state index in [1.165, 1.54) is 10.3 Å². The Labute approximate surface area is 129 Å². The van der Waals surface area contributed by atoms with Crippen molar-refractivity contribution in [3.8, 4) is 0 Å². The van der Waals surface area contributed by atoms with Crippen LogP contribution in [0, 0.1) is 6.92 Å². The van der Waals surface area contributed by atoms with Gasteiger partial charge in [-0.1, -0.05) is 24.3 Å². The molecule has 0 amide bonds. The Bertz CT molecular complexity index is 933. The van der Waals surface area contributed by atoms with E-state index in [2.05, 4.69) is 45.5 Å². The predicted octanol–water partition coefficient (Wildman–Crippen LogP) is 4.01. The highest BCUT2D eigenvalue weighted by Gasteiger charge is 2.10. The van der Waals surface area contributed by atoms with Crippen LogP contribution in [0.3, 0.4) is 0 Å². The molecule has 0 radical (unpaired) electrons. The smallest absolute Gasteiger partial charge is 0.250 e. The molecule has 0 bridgehead atoms. The van der Waals surface area contributed by atoms with E-state index in [9.17, 15) is 0 Å². The molecule has 1 N–H and O–H groups in total. The van der Waals surface area contributed by atoms with E-state index in [-0.39, 0.29) is 0 Å². The average molecular weight is 315 g/mol. The van der Waals surface area contributed by atoms with Crippen molar-refractivity contribution in [1.29, 1.82) is 0 Å². The van der Waals surface area contributed by atoms with Crippen LogP contribution >= 0.6 is 22.7 Å². The Balaban J connectivity index is 1.69. The summed E-state index contributed by atoms with van der Waals surface area (Å²) in [5.74, 6) is 0.597. The number of hydrogen-bond donors (Lipinski definition) is 1. The maximum atomic E-state index is 4.58. The molecule has 3 aromatic heterocycles. The highest BCUT2D eigenvalue weighted by molar-refractivity contribution is 7.22. The number of nitrogens with zero attached hydrogens (tertiary/aromatic N) is 4. The van der Waals surface area contributed by atoms with E-state index < -0.39 is 0 Å². The van der Waals surface area contributed by atoms with Crippen LogP contribution in [0.2, 0.25) is 0 Å². The molecule has 21 heavy (non-hydrogen) atoms. The third-order valence-corrected chi connectivity index (χ3v) is 5.19. The first-order valence-corrected chi connectivity index (χ1v) is 8.40. The molecule has 0 aliphatic carbocycles. The molecule has 4 rings (SSSR count). The van der Waals surface area contributed by atoms with Gasteiger partial charge in [-0.2, -0.15) is 4.98 Å². The van der Waals surface area contributed by atoms with Crippen LogP contribution in [-0.4, -0.2) is 19.6 Å². The molecule has 0 saturated heterocycles. The van der Waals surface area contributed by atoms with Crippen molar-refractivity contribution in [3.05, 3.63) is 34.8 Å². The van der Waals surface area contributed by atoms with Gasteiger partial charge < -0.3 is 0 Å². The van der Waals surface area contributed by atoms with Crippen LogP contribution in [0.25, 0.3) is 15.2 Å². The van der Waals surface area contributed by atoms with Crippen LogP contribution in [0.15, 0.2) is 23.6 Å². The van der Waals surface area contributed by atoms with Crippen LogP contribution in [0.4, 0.5) is 11.1 Å². The van der Waals surface area contributed by atoms with E-state index in [1.54, 1.807) is 22.7 Å². The number of anilines is 2. The summed E-state index contributed by atoms with van der Waals surface area (Å²) < 4.78 is 3.03. The van der Waals surface area contributed by atoms with Gasteiger partial charge in [0.2, 0.25) is 10.9 Å². The Hall–Kier alpha value is -1.99. The number of rotatable bonds is 3. The van der Waals surface area contributed by atoms with Crippen molar-refractivity contribution in [2.24, 2.45) is 0 Å². The number of aromatic nitrogens is 4. The lowest BCUT2D eigenvalue weighted by molar-refractivity contribution is 0.936. The minimum atomic E-state index is 0.597. The van der Waals surface area contributed by atoms with Crippen molar-refractivity contribution < 1.29 is 0 Å². The molecule has 4 aromatic rings. The Morgan fingerprint density at radius 3 is 3.00 bits per heavy atom. The van der Waals surface area contributed by atoms with Gasteiger partial charge in [0.15, 0.2) is 5.13 Å². The summed E-state index contributed by atoms with van der Waals surface area (Å²) in [6.45, 7) is 4.18. The van der Waals surface area contributed by atoms with Crippen molar-refractivity contribution in [1.82, 2.24) is 19.6 Å². The summed E-state index contributed by atoms with van der Waals surface area (Å²) in [5, 5.41) is 10.5. The standard InChI is InChI=1S/C14H13N5S2/c1-3-9-4-5-10-11(6-9)21-13(15-10)16-12-17-14-19(18-12)8(2)7-20-14/h4-7H,3H2,1-2H3,(H,15,16,18). The van der Waals surface area contributed by atoms with Gasteiger partial charge in [-0.05, 0) is 31.0 Å². The van der Waals surface area contributed by atoms with Crippen LogP contribution in [0.1, 0.15) is 18.2 Å². The normalized spacial score (nSPS) is 11.5. The lowest BCUT2D eigenvalue weighted by atomic mass is 10.2. The summed E-state index contributed by atoms with van der Waals surface area (Å²) in [6.07, 6.45) is 1.04. The molecule has 0 fully saturated rings. The van der Waals surface area contributed by atoms with Gasteiger partial charge in [0.05, 0.1) is 15.9 Å².